The third-order valence-electron chi connectivity index (χ3n) is 6.19. The monoisotopic (exact) mass is 428 g/mol. The molecule has 2 atom stereocenters. The normalized spacial score (nSPS) is 22.5. The Balaban J connectivity index is 1.19. The molecular formula is C23H32N4O2S. The summed E-state index contributed by atoms with van der Waals surface area (Å²) in [5, 5.41) is 6.52. The number of anilines is 1. The van der Waals surface area contributed by atoms with Crippen LogP contribution in [0.4, 0.5) is 5.82 Å². The fourth-order valence-electron chi connectivity index (χ4n) is 4.38. The zero-order valence-corrected chi connectivity index (χ0v) is 18.6. The molecule has 0 radical (unpaired) electrons. The van der Waals surface area contributed by atoms with Crippen LogP contribution in [0.15, 0.2) is 35.9 Å². The maximum atomic E-state index is 11.8. The van der Waals surface area contributed by atoms with Crippen molar-refractivity contribution in [3.05, 3.63) is 35.9 Å². The largest absolute Gasteiger partial charge is 0.384 e. The summed E-state index contributed by atoms with van der Waals surface area (Å²) in [6.07, 6.45) is 10.2. The van der Waals surface area contributed by atoms with Gasteiger partial charge in [-0.2, -0.15) is 0 Å². The molecule has 0 saturated carbocycles. The minimum Gasteiger partial charge on any atom is -0.384 e. The van der Waals surface area contributed by atoms with Gasteiger partial charge in [-0.25, -0.2) is 4.98 Å². The van der Waals surface area contributed by atoms with Crippen molar-refractivity contribution in [1.82, 2.24) is 15.2 Å². The molecule has 0 bridgehead atoms. The number of hydrogen-bond donors (Lipinski definition) is 1. The van der Waals surface area contributed by atoms with Crippen molar-refractivity contribution in [1.29, 1.82) is 0 Å². The van der Waals surface area contributed by atoms with Gasteiger partial charge < -0.3 is 15.0 Å². The van der Waals surface area contributed by atoms with Crippen LogP contribution in [0, 0.1) is 5.92 Å². The maximum Gasteiger partial charge on any atom is 0.222 e. The summed E-state index contributed by atoms with van der Waals surface area (Å²) in [5.74, 6) is 1.84. The molecule has 1 fully saturated rings. The van der Waals surface area contributed by atoms with Crippen LogP contribution in [-0.4, -0.2) is 68.3 Å². The molecule has 1 amide bonds. The van der Waals surface area contributed by atoms with Gasteiger partial charge in [-0.15, -0.1) is 11.3 Å². The van der Waals surface area contributed by atoms with E-state index in [1.54, 1.807) is 18.4 Å². The molecule has 6 nitrogen and oxygen atoms in total. The molecule has 1 N–H and O–H groups in total. The highest BCUT2D eigenvalue weighted by Crippen LogP contribution is 2.29. The van der Waals surface area contributed by atoms with Crippen LogP contribution in [0.3, 0.4) is 0 Å². The highest BCUT2D eigenvalue weighted by atomic mass is 32.1. The SMILES string of the molecule is COCCC(=O)NC1C=C[C@@H](CCN2CCN(c3nccc4sccc34)CC2)CC1. The second-order valence-electron chi connectivity index (χ2n) is 8.22. The standard InChI is InChI=1S/C23H32N4O2S/c1-29-16-8-22(28)25-19-4-2-18(3-5-19)7-11-26-12-14-27(15-13-26)23-20-9-17-30-21(20)6-10-24-23/h2,4,6,9-10,17-19H,3,5,7-8,11-16H2,1H3,(H,25,28)/t18-,19?/m1/s1. The molecule has 30 heavy (non-hydrogen) atoms. The molecule has 1 aliphatic carbocycles. The van der Waals surface area contributed by atoms with Crippen molar-refractivity contribution >= 4 is 33.1 Å². The minimum atomic E-state index is 0.0791. The summed E-state index contributed by atoms with van der Waals surface area (Å²) < 4.78 is 6.28. The number of ether oxygens (including phenoxy) is 1. The third kappa shape index (κ3) is 5.39. The molecule has 4 rings (SSSR count). The van der Waals surface area contributed by atoms with Gasteiger partial charge in [0, 0.05) is 62.0 Å². The third-order valence-corrected chi connectivity index (χ3v) is 7.07. The van der Waals surface area contributed by atoms with Gasteiger partial charge >= 0.3 is 0 Å². The smallest absolute Gasteiger partial charge is 0.222 e. The number of pyridine rings is 1. The number of methoxy groups -OCH3 is 1. The maximum absolute atomic E-state index is 11.8. The van der Waals surface area contributed by atoms with Crippen LogP contribution in [-0.2, 0) is 9.53 Å². The first kappa shape index (κ1) is 21.3. The topological polar surface area (TPSA) is 57.7 Å². The van der Waals surface area contributed by atoms with E-state index in [2.05, 4.69) is 49.8 Å². The molecular weight excluding hydrogens is 396 g/mol. The minimum absolute atomic E-state index is 0.0791. The molecule has 2 aromatic rings. The van der Waals surface area contributed by atoms with E-state index in [9.17, 15) is 4.79 Å². The van der Waals surface area contributed by atoms with Gasteiger partial charge in [0.25, 0.3) is 0 Å². The van der Waals surface area contributed by atoms with Gasteiger partial charge in [0.05, 0.1) is 6.61 Å². The molecule has 0 spiro atoms. The molecule has 1 aliphatic heterocycles. The number of carbonyl (C=O) groups is 1. The number of rotatable bonds is 8. The Morgan fingerprint density at radius 1 is 1.23 bits per heavy atom. The Morgan fingerprint density at radius 2 is 2.10 bits per heavy atom. The van der Waals surface area contributed by atoms with Crippen molar-refractivity contribution in [2.45, 2.75) is 31.7 Å². The number of aromatic nitrogens is 1. The lowest BCUT2D eigenvalue weighted by molar-refractivity contribution is -0.122. The number of amides is 1. The van der Waals surface area contributed by atoms with Crippen LogP contribution in [0.25, 0.3) is 10.1 Å². The Kier molecular flexibility index (Phi) is 7.36. The van der Waals surface area contributed by atoms with Crippen molar-refractivity contribution < 1.29 is 9.53 Å². The number of allylic oxidation sites excluding steroid dienone is 1. The Bertz CT molecular complexity index is 860. The van der Waals surface area contributed by atoms with Crippen molar-refractivity contribution in [2.75, 3.05) is 51.3 Å². The predicted molar refractivity (Wildman–Crippen MR) is 123 cm³/mol. The lowest BCUT2D eigenvalue weighted by atomic mass is 9.90. The van der Waals surface area contributed by atoms with E-state index in [0.29, 0.717) is 18.9 Å². The van der Waals surface area contributed by atoms with Gasteiger partial charge in [-0.05, 0) is 49.2 Å². The van der Waals surface area contributed by atoms with Crippen molar-refractivity contribution in [3.8, 4) is 0 Å². The van der Waals surface area contributed by atoms with Gasteiger partial charge in [0.15, 0.2) is 0 Å². The lowest BCUT2D eigenvalue weighted by Crippen LogP contribution is -2.47. The molecule has 0 aromatic carbocycles. The second-order valence-corrected chi connectivity index (χ2v) is 9.17. The van der Waals surface area contributed by atoms with E-state index in [1.807, 2.05) is 6.20 Å². The number of hydrogen-bond acceptors (Lipinski definition) is 6. The van der Waals surface area contributed by atoms with E-state index in [1.165, 1.54) is 16.5 Å². The van der Waals surface area contributed by atoms with Crippen LogP contribution >= 0.6 is 11.3 Å². The van der Waals surface area contributed by atoms with Crippen LogP contribution < -0.4 is 10.2 Å². The highest BCUT2D eigenvalue weighted by Gasteiger charge is 2.22. The predicted octanol–water partition coefficient (Wildman–Crippen LogP) is 3.30. The Morgan fingerprint density at radius 3 is 2.87 bits per heavy atom. The summed E-state index contributed by atoms with van der Waals surface area (Å²) in [6, 6.07) is 4.48. The fraction of sp³-hybridized carbons (Fsp3) is 0.565. The zero-order chi connectivity index (χ0) is 20.8. The number of carbonyl (C=O) groups excluding carboxylic acids is 1. The molecule has 2 aliphatic rings. The molecule has 1 saturated heterocycles. The van der Waals surface area contributed by atoms with Crippen LogP contribution in [0.2, 0.25) is 0 Å². The fourth-order valence-corrected chi connectivity index (χ4v) is 5.15. The summed E-state index contributed by atoms with van der Waals surface area (Å²) in [7, 11) is 1.62. The first-order valence-corrected chi connectivity index (χ1v) is 11.9. The summed E-state index contributed by atoms with van der Waals surface area (Å²) in [6.45, 7) is 5.89. The van der Waals surface area contributed by atoms with E-state index >= 15 is 0 Å². The first-order valence-electron chi connectivity index (χ1n) is 11.0. The number of fused-ring (bicyclic) bond motifs is 1. The second kappa shape index (κ2) is 10.4. The van der Waals surface area contributed by atoms with E-state index in [4.69, 9.17) is 4.74 Å². The molecule has 1 unspecified atom stereocenters. The van der Waals surface area contributed by atoms with Gasteiger partial charge in [0.1, 0.15) is 5.82 Å². The Hall–Kier alpha value is -1.96. The number of thiophene rings is 1. The lowest BCUT2D eigenvalue weighted by Gasteiger charge is -2.36. The van der Waals surface area contributed by atoms with E-state index in [0.717, 1.165) is 51.4 Å². The average Bonchev–Trinajstić information content (AvgIpc) is 3.27. The number of nitrogens with one attached hydrogen (secondary N) is 1. The van der Waals surface area contributed by atoms with Gasteiger partial charge in [-0.1, -0.05) is 12.2 Å². The van der Waals surface area contributed by atoms with Gasteiger partial charge in [-0.3, -0.25) is 9.69 Å². The first-order chi connectivity index (χ1) is 14.7. The van der Waals surface area contributed by atoms with Gasteiger partial charge in [0.2, 0.25) is 5.91 Å². The molecule has 3 heterocycles. The van der Waals surface area contributed by atoms with Crippen molar-refractivity contribution in [2.24, 2.45) is 5.92 Å². The molecule has 162 valence electrons. The number of piperazine rings is 1. The molecule has 7 heteroatoms. The van der Waals surface area contributed by atoms with E-state index in [-0.39, 0.29) is 11.9 Å². The zero-order valence-electron chi connectivity index (χ0n) is 17.8. The Labute approximate surface area is 182 Å². The number of nitrogens with zero attached hydrogens (tertiary/aromatic N) is 3. The van der Waals surface area contributed by atoms with E-state index < -0.39 is 0 Å². The highest BCUT2D eigenvalue weighted by molar-refractivity contribution is 7.17. The summed E-state index contributed by atoms with van der Waals surface area (Å²) in [5.41, 5.74) is 0. The quantitative estimate of drug-likeness (QED) is 0.654. The van der Waals surface area contributed by atoms with Crippen LogP contribution in [0.5, 0.6) is 0 Å². The summed E-state index contributed by atoms with van der Waals surface area (Å²) >= 11 is 1.78. The summed E-state index contributed by atoms with van der Waals surface area (Å²) in [4.78, 5) is 21.5. The van der Waals surface area contributed by atoms with Crippen LogP contribution in [0.1, 0.15) is 25.7 Å². The average molecular weight is 429 g/mol. The van der Waals surface area contributed by atoms with Crippen molar-refractivity contribution in [3.63, 3.8) is 0 Å². The molecule has 2 aromatic heterocycles.